The van der Waals surface area contributed by atoms with E-state index in [0.29, 0.717) is 18.3 Å². The Hall–Kier alpha value is -0.900. The van der Waals surface area contributed by atoms with E-state index in [-0.39, 0.29) is 11.3 Å². The lowest BCUT2D eigenvalue weighted by molar-refractivity contribution is -0.0643. The minimum absolute atomic E-state index is 0.146. The largest absolute Gasteiger partial charge is 0.298 e. The van der Waals surface area contributed by atoms with Gasteiger partial charge in [-0.05, 0) is 69.1 Å². The summed E-state index contributed by atoms with van der Waals surface area (Å²) in [5.41, 5.74) is 0.982. The SMILES string of the molecule is CC1(C)[C@H](CC(=O)c2ccc3cc(Cl)sc3c2)C2CCN1CC2. The van der Waals surface area contributed by atoms with E-state index in [2.05, 4.69) is 18.7 Å². The zero-order chi connectivity index (χ0) is 16.2. The molecule has 1 atom stereocenters. The summed E-state index contributed by atoms with van der Waals surface area (Å²) in [5, 5.41) is 1.12. The van der Waals surface area contributed by atoms with Crippen LogP contribution in [0.15, 0.2) is 24.3 Å². The molecule has 23 heavy (non-hydrogen) atoms. The third kappa shape index (κ3) is 2.63. The van der Waals surface area contributed by atoms with Gasteiger partial charge in [0.15, 0.2) is 5.78 Å². The van der Waals surface area contributed by atoms with Crippen molar-refractivity contribution in [3.63, 3.8) is 0 Å². The molecule has 3 fully saturated rings. The van der Waals surface area contributed by atoms with Gasteiger partial charge in [-0.3, -0.25) is 9.69 Å². The number of rotatable bonds is 3. The van der Waals surface area contributed by atoms with E-state index in [0.717, 1.165) is 20.0 Å². The molecule has 0 spiro atoms. The number of hydrogen-bond acceptors (Lipinski definition) is 3. The molecular weight excluding hydrogens is 326 g/mol. The van der Waals surface area contributed by atoms with Crippen LogP contribution < -0.4 is 0 Å². The summed E-state index contributed by atoms with van der Waals surface area (Å²) >= 11 is 7.63. The molecule has 0 aliphatic carbocycles. The molecule has 0 saturated carbocycles. The molecular formula is C19H22ClNOS. The summed E-state index contributed by atoms with van der Waals surface area (Å²) in [6.45, 7) is 7.03. The lowest BCUT2D eigenvalue weighted by Gasteiger charge is -2.56. The van der Waals surface area contributed by atoms with Crippen molar-refractivity contribution in [3.05, 3.63) is 34.2 Å². The lowest BCUT2D eigenvalue weighted by atomic mass is 9.65. The number of Topliss-reactive ketones (excluding diaryl/α,β-unsaturated/α-hetero) is 1. The number of nitrogens with zero attached hydrogens (tertiary/aromatic N) is 1. The highest BCUT2D eigenvalue weighted by Crippen LogP contribution is 2.45. The molecule has 0 radical (unpaired) electrons. The third-order valence-corrected chi connectivity index (χ3v) is 7.28. The Morgan fingerprint density at radius 1 is 1.30 bits per heavy atom. The van der Waals surface area contributed by atoms with Crippen molar-refractivity contribution in [1.82, 2.24) is 4.90 Å². The van der Waals surface area contributed by atoms with Crippen molar-refractivity contribution in [2.75, 3.05) is 13.1 Å². The molecule has 0 unspecified atom stereocenters. The van der Waals surface area contributed by atoms with Crippen molar-refractivity contribution in [1.29, 1.82) is 0 Å². The van der Waals surface area contributed by atoms with Gasteiger partial charge in [-0.1, -0.05) is 23.7 Å². The molecule has 122 valence electrons. The minimum Gasteiger partial charge on any atom is -0.298 e. The maximum Gasteiger partial charge on any atom is 0.163 e. The molecule has 3 aliphatic rings. The van der Waals surface area contributed by atoms with Crippen molar-refractivity contribution in [3.8, 4) is 0 Å². The van der Waals surface area contributed by atoms with Crippen LogP contribution in [0, 0.1) is 11.8 Å². The molecule has 0 N–H and O–H groups in total. The summed E-state index contributed by atoms with van der Waals surface area (Å²) in [7, 11) is 0. The Balaban J connectivity index is 1.58. The number of hydrogen-bond donors (Lipinski definition) is 0. The van der Waals surface area contributed by atoms with Crippen molar-refractivity contribution >= 4 is 38.8 Å². The van der Waals surface area contributed by atoms with Crippen LogP contribution in [0.25, 0.3) is 10.1 Å². The van der Waals surface area contributed by atoms with E-state index in [1.54, 1.807) is 11.3 Å². The fraction of sp³-hybridized carbons (Fsp3) is 0.526. The first-order valence-electron chi connectivity index (χ1n) is 8.42. The highest BCUT2D eigenvalue weighted by Gasteiger charge is 2.47. The molecule has 2 bridgehead atoms. The smallest absolute Gasteiger partial charge is 0.163 e. The molecule has 2 nitrogen and oxygen atoms in total. The first kappa shape index (κ1) is 15.6. The quantitative estimate of drug-likeness (QED) is 0.707. The second kappa shape index (κ2) is 5.58. The zero-order valence-corrected chi connectivity index (χ0v) is 15.2. The summed E-state index contributed by atoms with van der Waals surface area (Å²) in [6.07, 6.45) is 3.17. The fourth-order valence-corrected chi connectivity index (χ4v) is 5.79. The number of ketones is 1. The van der Waals surface area contributed by atoms with Crippen molar-refractivity contribution < 1.29 is 4.79 Å². The molecule has 1 aromatic carbocycles. The van der Waals surface area contributed by atoms with E-state index in [9.17, 15) is 4.79 Å². The van der Waals surface area contributed by atoms with E-state index in [1.807, 2.05) is 24.3 Å². The Labute approximate surface area is 146 Å². The van der Waals surface area contributed by atoms with Gasteiger partial charge in [-0.25, -0.2) is 0 Å². The monoisotopic (exact) mass is 347 g/mol. The Bertz CT molecular complexity index is 758. The van der Waals surface area contributed by atoms with Gasteiger partial charge < -0.3 is 0 Å². The van der Waals surface area contributed by atoms with E-state index in [1.165, 1.54) is 25.9 Å². The molecule has 4 heteroatoms. The summed E-state index contributed by atoms with van der Waals surface area (Å²) in [6, 6.07) is 7.96. The average molecular weight is 348 g/mol. The first-order valence-corrected chi connectivity index (χ1v) is 9.62. The maximum atomic E-state index is 12.9. The minimum atomic E-state index is 0.146. The number of fused-ring (bicyclic) bond motifs is 4. The molecule has 3 aliphatic heterocycles. The number of piperidine rings is 3. The Morgan fingerprint density at radius 2 is 2.04 bits per heavy atom. The molecule has 1 aromatic heterocycles. The normalized spacial score (nSPS) is 29.1. The average Bonchev–Trinajstić information content (AvgIpc) is 2.90. The first-order chi connectivity index (χ1) is 10.9. The lowest BCUT2D eigenvalue weighted by Crippen LogP contribution is -2.61. The highest BCUT2D eigenvalue weighted by atomic mass is 35.5. The maximum absolute atomic E-state index is 12.9. The standard InChI is InChI=1S/C19H22ClNOS/c1-19(2)15(12-5-7-21(19)8-6-12)11-16(22)13-3-4-14-10-18(20)23-17(14)9-13/h3-4,9-10,12,15H,5-8,11H2,1-2H3/t15-/m1/s1. The van der Waals surface area contributed by atoms with Gasteiger partial charge in [-0.15, -0.1) is 11.3 Å². The van der Waals surface area contributed by atoms with Gasteiger partial charge in [-0.2, -0.15) is 0 Å². The van der Waals surface area contributed by atoms with Crippen molar-refractivity contribution in [2.45, 2.75) is 38.6 Å². The zero-order valence-electron chi connectivity index (χ0n) is 13.6. The summed E-state index contributed by atoms with van der Waals surface area (Å²) in [5.74, 6) is 1.46. The Morgan fingerprint density at radius 3 is 2.74 bits per heavy atom. The van der Waals surface area contributed by atoms with Gasteiger partial charge in [0.05, 0.1) is 4.34 Å². The second-order valence-electron chi connectivity index (χ2n) is 7.52. The van der Waals surface area contributed by atoms with Crippen LogP contribution in [-0.4, -0.2) is 29.3 Å². The van der Waals surface area contributed by atoms with Crippen LogP contribution in [0.1, 0.15) is 43.5 Å². The molecule has 3 saturated heterocycles. The third-order valence-electron chi connectivity index (χ3n) is 6.05. The molecule has 0 amide bonds. The van der Waals surface area contributed by atoms with Gasteiger partial charge in [0.1, 0.15) is 0 Å². The van der Waals surface area contributed by atoms with Crippen LogP contribution in [0.5, 0.6) is 0 Å². The van der Waals surface area contributed by atoms with Crippen molar-refractivity contribution in [2.24, 2.45) is 11.8 Å². The van der Waals surface area contributed by atoms with E-state index < -0.39 is 0 Å². The molecule has 2 aromatic rings. The number of carbonyl (C=O) groups is 1. The second-order valence-corrected chi connectivity index (χ2v) is 9.23. The van der Waals surface area contributed by atoms with Crippen LogP contribution >= 0.6 is 22.9 Å². The number of halogens is 1. The number of carbonyl (C=O) groups excluding carboxylic acids is 1. The predicted octanol–water partition coefficient (Wildman–Crippen LogP) is 5.25. The number of thiophene rings is 1. The number of benzene rings is 1. The van der Waals surface area contributed by atoms with Crippen LogP contribution in [0.4, 0.5) is 0 Å². The predicted molar refractivity (Wildman–Crippen MR) is 97.6 cm³/mol. The van der Waals surface area contributed by atoms with Gasteiger partial charge >= 0.3 is 0 Å². The Kier molecular flexibility index (Phi) is 3.79. The van der Waals surface area contributed by atoms with Gasteiger partial charge in [0.25, 0.3) is 0 Å². The molecule has 5 rings (SSSR count). The summed E-state index contributed by atoms with van der Waals surface area (Å²) in [4.78, 5) is 15.5. The topological polar surface area (TPSA) is 20.3 Å². The van der Waals surface area contributed by atoms with Crippen LogP contribution in [-0.2, 0) is 0 Å². The van der Waals surface area contributed by atoms with E-state index in [4.69, 9.17) is 11.6 Å². The van der Waals surface area contributed by atoms with Gasteiger partial charge in [0, 0.05) is 22.2 Å². The van der Waals surface area contributed by atoms with E-state index >= 15 is 0 Å². The van der Waals surface area contributed by atoms with Gasteiger partial charge in [0.2, 0.25) is 0 Å². The summed E-state index contributed by atoms with van der Waals surface area (Å²) < 4.78 is 1.89. The molecule has 4 heterocycles. The fourth-order valence-electron chi connectivity index (χ4n) is 4.60. The van der Waals surface area contributed by atoms with Crippen LogP contribution in [0.2, 0.25) is 4.34 Å². The van der Waals surface area contributed by atoms with Crippen LogP contribution in [0.3, 0.4) is 0 Å². The highest BCUT2D eigenvalue weighted by molar-refractivity contribution is 7.22.